The Morgan fingerprint density at radius 2 is 0.356 bits per heavy atom. The highest BCUT2D eigenvalue weighted by Gasteiger charge is 2.39. The van der Waals surface area contributed by atoms with Crippen LogP contribution in [0, 0.1) is 0 Å². The summed E-state index contributed by atoms with van der Waals surface area (Å²) in [6, 6.07) is 168. The second-order valence-electron chi connectivity index (χ2n) is 36.8. The number of fused-ring (bicyclic) bond motifs is 9. The Hall–Kier alpha value is -16.8. The van der Waals surface area contributed by atoms with E-state index in [-0.39, 0.29) is 16.2 Å². The zero-order valence-corrected chi connectivity index (χ0v) is 76.2. The molecule has 0 unspecified atom stereocenters. The molecule has 642 valence electrons. The van der Waals surface area contributed by atoms with Crippen molar-refractivity contribution in [1.82, 2.24) is 29.9 Å². The molecule has 0 saturated carbocycles. The van der Waals surface area contributed by atoms with Gasteiger partial charge in [0.1, 0.15) is 0 Å². The van der Waals surface area contributed by atoms with Crippen molar-refractivity contribution in [3.05, 3.63) is 507 Å². The van der Waals surface area contributed by atoms with Gasteiger partial charge in [-0.2, -0.15) is 0 Å². The van der Waals surface area contributed by atoms with Gasteiger partial charge in [0.25, 0.3) is 0 Å². The van der Waals surface area contributed by atoms with Crippen molar-refractivity contribution < 1.29 is 0 Å². The van der Waals surface area contributed by atoms with Crippen LogP contribution in [0.25, 0.3) is 202 Å². The fourth-order valence-electron chi connectivity index (χ4n) is 20.1. The molecule has 6 nitrogen and oxygen atoms in total. The van der Waals surface area contributed by atoms with Gasteiger partial charge in [-0.25, -0.2) is 29.9 Å². The largest absolute Gasteiger partial charge is 0.228 e. The molecular formula is C129H96N6. The van der Waals surface area contributed by atoms with Crippen molar-refractivity contribution in [2.45, 2.75) is 57.8 Å². The summed E-state index contributed by atoms with van der Waals surface area (Å²) in [5.41, 5.74) is 45.4. The Morgan fingerprint density at radius 1 is 0.126 bits per heavy atom. The molecule has 135 heavy (non-hydrogen) atoms. The third-order valence-corrected chi connectivity index (χ3v) is 27.4. The number of hydrogen-bond acceptors (Lipinski definition) is 6. The van der Waals surface area contributed by atoms with E-state index in [2.05, 4.69) is 442 Å². The first-order valence-corrected chi connectivity index (χ1v) is 46.5. The van der Waals surface area contributed by atoms with E-state index in [4.69, 9.17) is 29.9 Å². The standard InChI is InChI=1S/3C43H32N2/c1-43(2)37-21-10-9-19-36(37)41-35(20-12-22-38(41)43)33-17-11-18-34(27-33)40-28-39(44-42(45-40)32-15-7-4-8-16-32)31-25-23-30(24-26-31)29-13-5-3-6-14-29;1-43(2)38-19-10-9-18-36(38)37-27-34(24-25-39(37)43)33-16-11-17-35(26-33)41-28-40(44-42(45-41)32-14-7-4-8-15-32)31-22-20-30(21-23-31)29-12-5-3-6-13-29;1-43(2)38-19-10-9-18-36(38)37-25-24-34(27-39(37)43)33-16-11-17-35(26-33)41-28-40(44-42(45-41)32-14-7-4-8-15-32)31-22-20-30(21-23-31)29-12-5-3-6-13-29/h3*3-28H,1-2H3. The number of benzene rings is 18. The molecular weight excluding hydrogens is 1630 g/mol. The molecule has 0 N–H and O–H groups in total. The van der Waals surface area contributed by atoms with Gasteiger partial charge in [0.15, 0.2) is 17.5 Å². The lowest BCUT2D eigenvalue weighted by atomic mass is 9.81. The van der Waals surface area contributed by atoms with Gasteiger partial charge in [0, 0.05) is 66.3 Å². The fraction of sp³-hybridized carbons (Fsp3) is 0.0698. The fourth-order valence-corrected chi connectivity index (χ4v) is 20.1. The molecule has 0 radical (unpaired) electrons. The molecule has 0 amide bonds. The maximum atomic E-state index is 5.12. The monoisotopic (exact) mass is 1730 g/mol. The van der Waals surface area contributed by atoms with Crippen molar-refractivity contribution >= 4 is 0 Å². The van der Waals surface area contributed by atoms with Gasteiger partial charge in [0.05, 0.1) is 34.2 Å². The second kappa shape index (κ2) is 35.5. The average molecular weight is 1730 g/mol. The molecule has 3 aliphatic rings. The summed E-state index contributed by atoms with van der Waals surface area (Å²) in [6.07, 6.45) is 0. The van der Waals surface area contributed by atoms with Crippen molar-refractivity contribution in [2.75, 3.05) is 0 Å². The van der Waals surface area contributed by atoms with E-state index in [0.717, 1.165) is 102 Å². The predicted molar refractivity (Wildman–Crippen MR) is 560 cm³/mol. The summed E-state index contributed by atoms with van der Waals surface area (Å²) in [5.74, 6) is 2.16. The number of nitrogens with zero attached hydrogens (tertiary/aromatic N) is 6. The van der Waals surface area contributed by atoms with Gasteiger partial charge in [-0.1, -0.05) is 466 Å². The van der Waals surface area contributed by atoms with Gasteiger partial charge >= 0.3 is 0 Å². The maximum Gasteiger partial charge on any atom is 0.160 e. The quantitative estimate of drug-likeness (QED) is 0.102. The third kappa shape index (κ3) is 16.4. The molecule has 0 aliphatic heterocycles. The highest BCUT2D eigenvalue weighted by atomic mass is 14.9. The van der Waals surface area contributed by atoms with Crippen molar-refractivity contribution in [3.63, 3.8) is 0 Å². The van der Waals surface area contributed by atoms with Crippen LogP contribution in [-0.4, -0.2) is 29.9 Å². The molecule has 0 bridgehead atoms. The van der Waals surface area contributed by atoms with E-state index in [1.165, 1.54) is 134 Å². The summed E-state index contributed by atoms with van der Waals surface area (Å²) < 4.78 is 0. The Labute approximate surface area is 790 Å². The molecule has 6 heteroatoms. The highest BCUT2D eigenvalue weighted by Crippen LogP contribution is 2.55. The smallest absolute Gasteiger partial charge is 0.160 e. The van der Waals surface area contributed by atoms with Crippen LogP contribution in [0.2, 0.25) is 0 Å². The lowest BCUT2D eigenvalue weighted by molar-refractivity contribution is 0.660. The normalized spacial score (nSPS) is 12.8. The summed E-state index contributed by atoms with van der Waals surface area (Å²) >= 11 is 0. The Morgan fingerprint density at radius 3 is 0.763 bits per heavy atom. The van der Waals surface area contributed by atoms with Crippen molar-refractivity contribution in [2.24, 2.45) is 0 Å². The molecule has 0 atom stereocenters. The van der Waals surface area contributed by atoms with E-state index >= 15 is 0 Å². The van der Waals surface area contributed by atoms with Crippen LogP contribution in [0.5, 0.6) is 0 Å². The van der Waals surface area contributed by atoms with Crippen LogP contribution < -0.4 is 0 Å². The van der Waals surface area contributed by atoms with Gasteiger partial charge in [-0.05, 0) is 182 Å². The highest BCUT2D eigenvalue weighted by molar-refractivity contribution is 5.95. The minimum atomic E-state index is -0.0399. The molecule has 0 saturated heterocycles. The first kappa shape index (κ1) is 83.8. The number of aromatic nitrogens is 6. The summed E-state index contributed by atoms with van der Waals surface area (Å²) in [4.78, 5) is 30.5. The first-order valence-electron chi connectivity index (χ1n) is 46.5. The van der Waals surface area contributed by atoms with Crippen molar-refractivity contribution in [1.29, 1.82) is 0 Å². The third-order valence-electron chi connectivity index (χ3n) is 27.4. The van der Waals surface area contributed by atoms with Crippen LogP contribution in [0.1, 0.15) is 74.9 Å². The van der Waals surface area contributed by atoms with Crippen molar-refractivity contribution in [3.8, 4) is 202 Å². The van der Waals surface area contributed by atoms with Gasteiger partial charge in [-0.15, -0.1) is 0 Å². The molecule has 3 aliphatic carbocycles. The minimum absolute atomic E-state index is 0.00317. The Balaban J connectivity index is 0.000000118. The lowest BCUT2D eigenvalue weighted by Crippen LogP contribution is -2.14. The molecule has 18 aromatic carbocycles. The number of hydrogen-bond donors (Lipinski definition) is 0. The zero-order chi connectivity index (χ0) is 91.1. The van der Waals surface area contributed by atoms with Gasteiger partial charge in [0.2, 0.25) is 0 Å². The topological polar surface area (TPSA) is 77.3 Å². The van der Waals surface area contributed by atoms with E-state index < -0.39 is 0 Å². The molecule has 3 heterocycles. The number of rotatable bonds is 15. The van der Waals surface area contributed by atoms with Crippen LogP contribution in [-0.2, 0) is 16.2 Å². The van der Waals surface area contributed by atoms with E-state index in [1.807, 2.05) is 72.8 Å². The van der Waals surface area contributed by atoms with Gasteiger partial charge in [-0.3, -0.25) is 0 Å². The average Bonchev–Trinajstić information content (AvgIpc) is 1.58. The maximum absolute atomic E-state index is 5.12. The Bertz CT molecular complexity index is 7980. The van der Waals surface area contributed by atoms with E-state index in [1.54, 1.807) is 0 Å². The molecule has 0 spiro atoms. The SMILES string of the molecule is CC1(C)c2ccccc2-c2c(-c3cccc(-c4cc(-c5ccc(-c6ccccc6)cc5)nc(-c5ccccc5)n4)c3)cccc21.CC1(C)c2ccccc2-c2cc(-c3cccc(-c4cc(-c5ccc(-c6ccccc6)cc5)nc(-c5ccccc5)n4)c3)ccc21.CC1(C)c2ccccc2-c2ccc(-c3cccc(-c4cc(-c5ccc(-c6ccccc6)cc5)nc(-c5ccccc5)n4)c3)cc21. The Kier molecular flexibility index (Phi) is 22.0. The zero-order valence-electron chi connectivity index (χ0n) is 76.2. The summed E-state index contributed by atoms with van der Waals surface area (Å²) in [5, 5.41) is 0. The summed E-state index contributed by atoms with van der Waals surface area (Å²) in [6.45, 7) is 14.0. The molecule has 21 aromatic rings. The minimum Gasteiger partial charge on any atom is -0.228 e. The van der Waals surface area contributed by atoms with Crippen LogP contribution in [0.4, 0.5) is 0 Å². The summed E-state index contributed by atoms with van der Waals surface area (Å²) in [7, 11) is 0. The van der Waals surface area contributed by atoms with E-state index in [9.17, 15) is 0 Å². The lowest BCUT2D eigenvalue weighted by Gasteiger charge is -2.22. The van der Waals surface area contributed by atoms with Crippen LogP contribution >= 0.6 is 0 Å². The van der Waals surface area contributed by atoms with E-state index in [0.29, 0.717) is 0 Å². The van der Waals surface area contributed by atoms with Crippen LogP contribution in [0.3, 0.4) is 0 Å². The van der Waals surface area contributed by atoms with Gasteiger partial charge < -0.3 is 0 Å². The predicted octanol–water partition coefficient (Wildman–Crippen LogP) is 33.4. The first-order chi connectivity index (χ1) is 66.1. The molecule has 0 fully saturated rings. The second-order valence-corrected chi connectivity index (χ2v) is 36.8. The molecule has 3 aromatic heterocycles. The molecule has 24 rings (SSSR count). The van der Waals surface area contributed by atoms with Crippen LogP contribution in [0.15, 0.2) is 473 Å².